The van der Waals surface area contributed by atoms with E-state index in [1.807, 2.05) is 43.3 Å². The number of benzene rings is 2. The lowest BCUT2D eigenvalue weighted by Crippen LogP contribution is -2.47. The summed E-state index contributed by atoms with van der Waals surface area (Å²) in [5.74, 6) is -1.10. The first-order valence-corrected chi connectivity index (χ1v) is 10.8. The molecule has 0 aromatic heterocycles. The fourth-order valence-corrected chi connectivity index (χ4v) is 4.21. The highest BCUT2D eigenvalue weighted by Gasteiger charge is 2.33. The number of nitrogens with zero attached hydrogens (tertiary/aromatic N) is 1. The quantitative estimate of drug-likeness (QED) is 0.385. The molecule has 1 fully saturated rings. The van der Waals surface area contributed by atoms with Crippen LogP contribution in [-0.2, 0) is 9.59 Å². The van der Waals surface area contributed by atoms with E-state index in [9.17, 15) is 14.4 Å². The lowest BCUT2D eigenvalue weighted by molar-refractivity contribution is -0.129. The number of carbonyl (C=O) groups is 3. The molecule has 1 aliphatic rings. The Morgan fingerprint density at radius 1 is 1.09 bits per heavy atom. The topological polar surface area (TPSA) is 87.7 Å². The highest BCUT2D eigenvalue weighted by Crippen LogP contribution is 2.31. The number of thiocarbonyl (C=S) groups is 1. The molecule has 0 spiro atoms. The van der Waals surface area contributed by atoms with Crippen LogP contribution in [0, 0.1) is 0 Å². The van der Waals surface area contributed by atoms with Crippen molar-refractivity contribution in [2.75, 3.05) is 13.7 Å². The monoisotopic (exact) mass is 467 g/mol. The lowest BCUT2D eigenvalue weighted by Gasteiger charge is -2.15. The first-order valence-electron chi connectivity index (χ1n) is 9.60. The molecule has 1 heterocycles. The third kappa shape index (κ3) is 5.83. The number of para-hydroxylation sites is 1. The van der Waals surface area contributed by atoms with Gasteiger partial charge in [0.15, 0.2) is 0 Å². The van der Waals surface area contributed by atoms with E-state index < -0.39 is 11.8 Å². The molecular formula is C23H21N3O4S2. The molecule has 1 saturated heterocycles. The number of methoxy groups -OCH3 is 1. The zero-order valence-electron chi connectivity index (χ0n) is 17.5. The molecule has 3 rings (SSSR count). The Kier molecular flexibility index (Phi) is 7.80. The molecule has 9 heteroatoms. The first kappa shape index (κ1) is 23.2. The minimum atomic E-state index is -0.581. The number of amides is 3. The number of carbonyl (C=O) groups excluding carboxylic acids is 3. The SMILES string of the molecule is COc1ccccc1C(=O)NNC(=O)CN1C(=O)C(=CC(C)=Cc2ccccc2)SC1=S. The molecule has 32 heavy (non-hydrogen) atoms. The maximum atomic E-state index is 12.7. The van der Waals surface area contributed by atoms with Crippen molar-refractivity contribution in [1.29, 1.82) is 0 Å². The zero-order valence-corrected chi connectivity index (χ0v) is 19.1. The molecule has 2 N–H and O–H groups in total. The van der Waals surface area contributed by atoms with Gasteiger partial charge in [0.1, 0.15) is 16.6 Å². The number of allylic oxidation sites excluding steroid dienone is 2. The van der Waals surface area contributed by atoms with Gasteiger partial charge in [-0.3, -0.25) is 30.1 Å². The Bertz CT molecular complexity index is 1110. The molecule has 3 amide bonds. The second kappa shape index (κ2) is 10.7. The van der Waals surface area contributed by atoms with Crippen LogP contribution in [0.4, 0.5) is 0 Å². The van der Waals surface area contributed by atoms with Gasteiger partial charge in [-0.25, -0.2) is 0 Å². The van der Waals surface area contributed by atoms with Gasteiger partial charge >= 0.3 is 0 Å². The number of hydrogen-bond donors (Lipinski definition) is 2. The number of thioether (sulfide) groups is 1. The fraction of sp³-hybridized carbons (Fsp3) is 0.130. The van der Waals surface area contributed by atoms with Crippen molar-refractivity contribution >= 4 is 52.1 Å². The van der Waals surface area contributed by atoms with Crippen LogP contribution in [-0.4, -0.2) is 40.6 Å². The average molecular weight is 468 g/mol. The average Bonchev–Trinajstić information content (AvgIpc) is 3.05. The summed E-state index contributed by atoms with van der Waals surface area (Å²) in [7, 11) is 1.45. The Labute approximate surface area is 195 Å². The molecule has 7 nitrogen and oxygen atoms in total. The van der Waals surface area contributed by atoms with Crippen LogP contribution in [0.2, 0.25) is 0 Å². The fourth-order valence-electron chi connectivity index (χ4n) is 2.91. The van der Waals surface area contributed by atoms with Crippen molar-refractivity contribution in [3.63, 3.8) is 0 Å². The number of rotatable bonds is 6. The molecule has 0 saturated carbocycles. The van der Waals surface area contributed by atoms with Crippen molar-refractivity contribution in [3.8, 4) is 5.75 Å². The van der Waals surface area contributed by atoms with Crippen LogP contribution in [0.1, 0.15) is 22.8 Å². The summed E-state index contributed by atoms with van der Waals surface area (Å²) in [6.45, 7) is 1.58. The lowest BCUT2D eigenvalue weighted by atomic mass is 10.1. The molecule has 0 aliphatic carbocycles. The van der Waals surface area contributed by atoms with Gasteiger partial charge in [0.05, 0.1) is 17.6 Å². The molecule has 164 valence electrons. The van der Waals surface area contributed by atoms with Crippen molar-refractivity contribution in [2.45, 2.75) is 6.92 Å². The van der Waals surface area contributed by atoms with Gasteiger partial charge < -0.3 is 4.74 Å². The Morgan fingerprint density at radius 2 is 1.78 bits per heavy atom. The van der Waals surface area contributed by atoms with Crippen molar-refractivity contribution in [3.05, 3.63) is 82.3 Å². The molecule has 0 atom stereocenters. The normalized spacial score (nSPS) is 15.1. The largest absolute Gasteiger partial charge is 0.496 e. The van der Waals surface area contributed by atoms with E-state index in [2.05, 4.69) is 10.9 Å². The number of hydrazine groups is 1. The van der Waals surface area contributed by atoms with Crippen LogP contribution in [0.25, 0.3) is 6.08 Å². The summed E-state index contributed by atoms with van der Waals surface area (Å²) in [4.78, 5) is 38.9. The smallest absolute Gasteiger partial charge is 0.273 e. The molecule has 0 bridgehead atoms. The number of nitrogens with one attached hydrogen (secondary N) is 2. The van der Waals surface area contributed by atoms with Crippen molar-refractivity contribution < 1.29 is 19.1 Å². The Hall–Kier alpha value is -3.43. The van der Waals surface area contributed by atoms with Crippen molar-refractivity contribution in [2.24, 2.45) is 0 Å². The Morgan fingerprint density at radius 3 is 2.50 bits per heavy atom. The summed E-state index contributed by atoms with van der Waals surface area (Å²) in [6.07, 6.45) is 3.69. The van der Waals surface area contributed by atoms with Crippen LogP contribution < -0.4 is 15.6 Å². The van der Waals surface area contributed by atoms with E-state index in [1.165, 1.54) is 12.0 Å². The van der Waals surface area contributed by atoms with Crippen LogP contribution in [0.3, 0.4) is 0 Å². The minimum absolute atomic E-state index is 0.268. The molecule has 0 radical (unpaired) electrons. The van der Waals surface area contributed by atoms with Gasteiger partial charge in [-0.15, -0.1) is 0 Å². The van der Waals surface area contributed by atoms with Crippen LogP contribution >= 0.6 is 24.0 Å². The standard InChI is InChI=1S/C23H21N3O4S2/c1-15(12-16-8-4-3-5-9-16)13-19-22(29)26(23(31)32-19)14-20(27)24-25-21(28)17-10-6-7-11-18(17)30-2/h3-13H,14H2,1-2H3,(H,24,27)(H,25,28). The predicted molar refractivity (Wildman–Crippen MR) is 129 cm³/mol. The van der Waals surface area contributed by atoms with E-state index >= 15 is 0 Å². The molecular weight excluding hydrogens is 446 g/mol. The summed E-state index contributed by atoms with van der Waals surface area (Å²) in [5, 5.41) is 0. The van der Waals surface area contributed by atoms with Crippen LogP contribution in [0.5, 0.6) is 5.75 Å². The van der Waals surface area contributed by atoms with Gasteiger partial charge in [0, 0.05) is 0 Å². The summed E-state index contributed by atoms with van der Waals surface area (Å²) in [5.41, 5.74) is 6.78. The van der Waals surface area contributed by atoms with Gasteiger partial charge in [0.2, 0.25) is 0 Å². The number of ether oxygens (including phenoxy) is 1. The van der Waals surface area contributed by atoms with Crippen molar-refractivity contribution in [1.82, 2.24) is 15.8 Å². The first-order chi connectivity index (χ1) is 15.4. The summed E-state index contributed by atoms with van der Waals surface area (Å²) in [6, 6.07) is 16.3. The molecule has 2 aromatic rings. The van der Waals surface area contributed by atoms with E-state index in [0.29, 0.717) is 10.7 Å². The highest BCUT2D eigenvalue weighted by molar-refractivity contribution is 8.26. The minimum Gasteiger partial charge on any atom is -0.496 e. The zero-order chi connectivity index (χ0) is 23.1. The molecule has 1 aliphatic heterocycles. The second-order valence-electron chi connectivity index (χ2n) is 6.77. The van der Waals surface area contributed by atoms with Gasteiger partial charge in [-0.2, -0.15) is 0 Å². The summed E-state index contributed by atoms with van der Waals surface area (Å²) < 4.78 is 5.41. The molecule has 0 unspecified atom stereocenters. The maximum Gasteiger partial charge on any atom is 0.273 e. The highest BCUT2D eigenvalue weighted by atomic mass is 32.2. The van der Waals surface area contributed by atoms with E-state index in [1.54, 1.807) is 30.3 Å². The third-order valence-corrected chi connectivity index (χ3v) is 5.77. The van der Waals surface area contributed by atoms with E-state index in [-0.39, 0.29) is 22.3 Å². The van der Waals surface area contributed by atoms with Gasteiger partial charge in [-0.1, -0.05) is 72.5 Å². The van der Waals surface area contributed by atoms with Gasteiger partial charge in [-0.05, 0) is 36.3 Å². The predicted octanol–water partition coefficient (Wildman–Crippen LogP) is 3.30. The van der Waals surface area contributed by atoms with Gasteiger partial charge in [0.25, 0.3) is 17.7 Å². The molecule has 2 aromatic carbocycles. The van der Waals surface area contributed by atoms with E-state index in [0.717, 1.165) is 22.9 Å². The van der Waals surface area contributed by atoms with E-state index in [4.69, 9.17) is 17.0 Å². The number of hydrogen-bond acceptors (Lipinski definition) is 6. The summed E-state index contributed by atoms with van der Waals surface area (Å²) >= 11 is 6.40. The second-order valence-corrected chi connectivity index (χ2v) is 8.45. The third-order valence-electron chi connectivity index (χ3n) is 4.40. The van der Waals surface area contributed by atoms with Crippen LogP contribution in [0.15, 0.2) is 71.2 Å². The maximum absolute atomic E-state index is 12.7. The Balaban J connectivity index is 1.59.